The zero-order chi connectivity index (χ0) is 12.0. The summed E-state index contributed by atoms with van der Waals surface area (Å²) in [4.78, 5) is 13.5. The normalized spacial score (nSPS) is 27.3. The van der Waals surface area contributed by atoms with Crippen LogP contribution in [0.2, 0.25) is 5.02 Å². The molecule has 17 heavy (non-hydrogen) atoms. The van der Waals surface area contributed by atoms with E-state index in [-0.39, 0.29) is 12.1 Å². The fourth-order valence-electron chi connectivity index (χ4n) is 2.56. The molecule has 0 spiro atoms. The number of nitrogens with one attached hydrogen (secondary N) is 1. The lowest BCUT2D eigenvalue weighted by molar-refractivity contribution is -0.108. The molecular weight excluding hydrogens is 236 g/mol. The van der Waals surface area contributed by atoms with Crippen molar-refractivity contribution in [3.05, 3.63) is 23.2 Å². The Bertz CT molecular complexity index is 459. The van der Waals surface area contributed by atoms with E-state index in [0.717, 1.165) is 22.7 Å². The first-order chi connectivity index (χ1) is 8.20. The molecule has 0 aromatic heterocycles. The fraction of sp³-hybridized carbons (Fsp3) is 0.462. The SMILES string of the molecule is CC1C(C=O)Nc2ccc(Cl)cc2N1C1CC1. The molecule has 0 radical (unpaired) electrons. The van der Waals surface area contributed by atoms with Crippen LogP contribution in [-0.4, -0.2) is 24.4 Å². The molecule has 0 bridgehead atoms. The number of hydrogen-bond donors (Lipinski definition) is 1. The maximum absolute atomic E-state index is 11.1. The maximum atomic E-state index is 11.1. The molecule has 1 fully saturated rings. The zero-order valence-corrected chi connectivity index (χ0v) is 10.4. The van der Waals surface area contributed by atoms with Crippen LogP contribution in [0.15, 0.2) is 18.2 Å². The minimum absolute atomic E-state index is 0.135. The number of carbonyl (C=O) groups is 1. The van der Waals surface area contributed by atoms with E-state index in [4.69, 9.17) is 11.6 Å². The first-order valence-electron chi connectivity index (χ1n) is 6.00. The average Bonchev–Trinajstić information content (AvgIpc) is 3.12. The number of benzene rings is 1. The number of rotatable bonds is 2. The van der Waals surface area contributed by atoms with Crippen LogP contribution < -0.4 is 10.2 Å². The van der Waals surface area contributed by atoms with E-state index in [1.807, 2.05) is 18.2 Å². The van der Waals surface area contributed by atoms with Gasteiger partial charge in [0.2, 0.25) is 0 Å². The van der Waals surface area contributed by atoms with Crippen LogP contribution in [-0.2, 0) is 4.79 Å². The van der Waals surface area contributed by atoms with Crippen LogP contribution in [0.3, 0.4) is 0 Å². The van der Waals surface area contributed by atoms with Crippen molar-refractivity contribution in [1.29, 1.82) is 0 Å². The average molecular weight is 251 g/mol. The Morgan fingerprint density at radius 2 is 2.24 bits per heavy atom. The highest BCUT2D eigenvalue weighted by atomic mass is 35.5. The van der Waals surface area contributed by atoms with Gasteiger partial charge in [0.15, 0.2) is 0 Å². The molecule has 1 saturated carbocycles. The van der Waals surface area contributed by atoms with Gasteiger partial charge in [-0.3, -0.25) is 0 Å². The summed E-state index contributed by atoms with van der Waals surface area (Å²) in [6.07, 6.45) is 3.42. The van der Waals surface area contributed by atoms with Gasteiger partial charge in [-0.15, -0.1) is 0 Å². The third-order valence-electron chi connectivity index (χ3n) is 3.61. The Balaban J connectivity index is 2.06. The van der Waals surface area contributed by atoms with Crippen molar-refractivity contribution < 1.29 is 4.79 Å². The van der Waals surface area contributed by atoms with Crippen molar-refractivity contribution in [3.63, 3.8) is 0 Å². The largest absolute Gasteiger partial charge is 0.372 e. The first-order valence-corrected chi connectivity index (χ1v) is 6.38. The summed E-state index contributed by atoms with van der Waals surface area (Å²) in [7, 11) is 0. The predicted octanol–water partition coefficient (Wildman–Crippen LogP) is 2.69. The van der Waals surface area contributed by atoms with Crippen LogP contribution in [0, 0.1) is 0 Å². The van der Waals surface area contributed by atoms with Gasteiger partial charge in [0, 0.05) is 11.1 Å². The highest BCUT2D eigenvalue weighted by molar-refractivity contribution is 6.31. The summed E-state index contributed by atoms with van der Waals surface area (Å²) in [5.41, 5.74) is 2.14. The fourth-order valence-corrected chi connectivity index (χ4v) is 2.73. The van der Waals surface area contributed by atoms with Gasteiger partial charge >= 0.3 is 0 Å². The van der Waals surface area contributed by atoms with Crippen LogP contribution in [0.5, 0.6) is 0 Å². The lowest BCUT2D eigenvalue weighted by Crippen LogP contribution is -2.51. The molecule has 2 atom stereocenters. The smallest absolute Gasteiger partial charge is 0.144 e. The van der Waals surface area contributed by atoms with E-state index in [2.05, 4.69) is 17.1 Å². The Hall–Kier alpha value is -1.22. The van der Waals surface area contributed by atoms with Gasteiger partial charge in [0.25, 0.3) is 0 Å². The van der Waals surface area contributed by atoms with Gasteiger partial charge in [0.1, 0.15) is 12.3 Å². The second-order valence-corrected chi connectivity index (χ2v) is 5.28. The van der Waals surface area contributed by atoms with E-state index in [1.165, 1.54) is 12.8 Å². The first kappa shape index (κ1) is 10.9. The number of fused-ring (bicyclic) bond motifs is 1. The zero-order valence-electron chi connectivity index (χ0n) is 9.69. The molecule has 3 nitrogen and oxygen atoms in total. The third kappa shape index (κ3) is 1.78. The molecule has 1 aliphatic heterocycles. The second kappa shape index (κ2) is 3.91. The molecular formula is C13H15ClN2O. The molecule has 1 N–H and O–H groups in total. The molecule has 0 saturated heterocycles. The van der Waals surface area contributed by atoms with Crippen LogP contribution in [0.4, 0.5) is 11.4 Å². The minimum Gasteiger partial charge on any atom is -0.372 e. The molecule has 0 amide bonds. The Kier molecular flexibility index (Phi) is 2.51. The van der Waals surface area contributed by atoms with Crippen LogP contribution >= 0.6 is 11.6 Å². The Morgan fingerprint density at radius 1 is 1.47 bits per heavy atom. The predicted molar refractivity (Wildman–Crippen MR) is 69.9 cm³/mol. The van der Waals surface area contributed by atoms with Crippen molar-refractivity contribution in [3.8, 4) is 0 Å². The van der Waals surface area contributed by atoms with Crippen molar-refractivity contribution in [2.45, 2.75) is 37.9 Å². The van der Waals surface area contributed by atoms with Crippen molar-refractivity contribution in [1.82, 2.24) is 0 Å². The van der Waals surface area contributed by atoms with Crippen molar-refractivity contribution in [2.24, 2.45) is 0 Å². The molecule has 1 aromatic rings. The highest BCUT2D eigenvalue weighted by Gasteiger charge is 2.39. The Morgan fingerprint density at radius 3 is 2.88 bits per heavy atom. The molecule has 1 aliphatic carbocycles. The molecule has 1 heterocycles. The van der Waals surface area contributed by atoms with Gasteiger partial charge in [-0.25, -0.2) is 0 Å². The number of hydrogen-bond acceptors (Lipinski definition) is 3. The van der Waals surface area contributed by atoms with Crippen LogP contribution in [0.1, 0.15) is 19.8 Å². The van der Waals surface area contributed by atoms with Crippen molar-refractivity contribution in [2.75, 3.05) is 10.2 Å². The number of nitrogens with zero attached hydrogens (tertiary/aromatic N) is 1. The summed E-state index contributed by atoms with van der Waals surface area (Å²) in [5, 5.41) is 4.01. The van der Waals surface area contributed by atoms with E-state index in [0.29, 0.717) is 6.04 Å². The van der Waals surface area contributed by atoms with Gasteiger partial charge < -0.3 is 15.0 Å². The number of anilines is 2. The van der Waals surface area contributed by atoms with E-state index >= 15 is 0 Å². The summed E-state index contributed by atoms with van der Waals surface area (Å²) in [5.74, 6) is 0. The second-order valence-electron chi connectivity index (χ2n) is 4.85. The standard InChI is InChI=1S/C13H15ClN2O/c1-8-12(7-17)15-11-5-2-9(14)6-13(11)16(8)10-3-4-10/h2,5-8,10,12,15H,3-4H2,1H3. The molecule has 2 unspecified atom stereocenters. The quantitative estimate of drug-likeness (QED) is 0.820. The van der Waals surface area contributed by atoms with Gasteiger partial charge in [0.05, 0.1) is 17.4 Å². The number of carbonyl (C=O) groups excluding carboxylic acids is 1. The lowest BCUT2D eigenvalue weighted by Gasteiger charge is -2.41. The Labute approximate surface area is 106 Å². The lowest BCUT2D eigenvalue weighted by atomic mass is 10.0. The topological polar surface area (TPSA) is 32.3 Å². The summed E-state index contributed by atoms with van der Waals surface area (Å²) in [6, 6.07) is 6.42. The summed E-state index contributed by atoms with van der Waals surface area (Å²) in [6.45, 7) is 2.09. The van der Waals surface area contributed by atoms with Gasteiger partial charge in [-0.2, -0.15) is 0 Å². The van der Waals surface area contributed by atoms with E-state index in [1.54, 1.807) is 0 Å². The van der Waals surface area contributed by atoms with Crippen molar-refractivity contribution >= 4 is 29.3 Å². The molecule has 4 heteroatoms. The summed E-state index contributed by atoms with van der Waals surface area (Å²) >= 11 is 6.06. The monoisotopic (exact) mass is 250 g/mol. The van der Waals surface area contributed by atoms with Crippen LogP contribution in [0.25, 0.3) is 0 Å². The molecule has 2 aliphatic rings. The maximum Gasteiger partial charge on any atom is 0.144 e. The van der Waals surface area contributed by atoms with Gasteiger partial charge in [-0.05, 0) is 38.0 Å². The van der Waals surface area contributed by atoms with E-state index in [9.17, 15) is 4.79 Å². The molecule has 90 valence electrons. The minimum atomic E-state index is -0.135. The molecule has 1 aromatic carbocycles. The third-order valence-corrected chi connectivity index (χ3v) is 3.84. The van der Waals surface area contributed by atoms with E-state index < -0.39 is 0 Å². The number of aldehydes is 1. The molecule has 3 rings (SSSR count). The number of halogens is 1. The van der Waals surface area contributed by atoms with Gasteiger partial charge in [-0.1, -0.05) is 11.6 Å². The summed E-state index contributed by atoms with van der Waals surface area (Å²) < 4.78 is 0. The highest BCUT2D eigenvalue weighted by Crippen LogP contribution is 2.42.